The molecule has 2 aromatic carbocycles. The molecule has 0 unspecified atom stereocenters. The number of rotatable bonds is 7. The second-order valence-electron chi connectivity index (χ2n) is 6.22. The summed E-state index contributed by atoms with van der Waals surface area (Å²) in [7, 11) is -3.63. The van der Waals surface area contributed by atoms with Crippen molar-refractivity contribution in [2.45, 2.75) is 24.8 Å². The Balaban J connectivity index is 1.79. The monoisotopic (exact) mass is 382 g/mol. The summed E-state index contributed by atoms with van der Waals surface area (Å²) >= 11 is 0. The summed E-state index contributed by atoms with van der Waals surface area (Å²) in [6.45, 7) is 4.24. The van der Waals surface area contributed by atoms with Gasteiger partial charge in [-0.25, -0.2) is 13.4 Å². The molecule has 2 N–H and O–H groups in total. The molecule has 1 aromatic heterocycles. The summed E-state index contributed by atoms with van der Waals surface area (Å²) < 4.78 is 27.4. The minimum atomic E-state index is -3.63. The lowest BCUT2D eigenvalue weighted by atomic mass is 10.1. The summed E-state index contributed by atoms with van der Waals surface area (Å²) in [5.41, 5.74) is 1.81. The van der Waals surface area contributed by atoms with E-state index >= 15 is 0 Å². The largest absolute Gasteiger partial charge is 0.272 e. The summed E-state index contributed by atoms with van der Waals surface area (Å²) in [6, 6.07) is 22.7. The molecule has 0 fully saturated rings. The molecule has 3 aromatic rings. The van der Waals surface area contributed by atoms with E-state index < -0.39 is 10.0 Å². The van der Waals surface area contributed by atoms with Gasteiger partial charge in [0.05, 0.1) is 5.69 Å². The lowest BCUT2D eigenvalue weighted by molar-refractivity contribution is -0.364. The van der Waals surface area contributed by atoms with Crippen LogP contribution in [0.15, 0.2) is 83.9 Å². The SMILES string of the molecule is CCN(c1ccccc1)S(=O)(=O)c1ccc(N[C@H](C)c2ccccc2)[nH+]c1. The number of sulfonamides is 1. The van der Waals surface area contributed by atoms with Gasteiger partial charge in [-0.15, -0.1) is 0 Å². The average Bonchev–Trinajstić information content (AvgIpc) is 2.70. The van der Waals surface area contributed by atoms with E-state index in [4.69, 9.17) is 0 Å². The van der Waals surface area contributed by atoms with E-state index in [-0.39, 0.29) is 10.9 Å². The van der Waals surface area contributed by atoms with Crippen LogP contribution in [-0.4, -0.2) is 15.0 Å². The topological polar surface area (TPSA) is 63.6 Å². The van der Waals surface area contributed by atoms with Gasteiger partial charge in [-0.2, -0.15) is 0 Å². The highest BCUT2D eigenvalue weighted by Crippen LogP contribution is 2.23. The smallest absolute Gasteiger partial charge is 0.268 e. The molecule has 0 saturated carbocycles. The number of H-pyrrole nitrogens is 1. The van der Waals surface area contributed by atoms with Crippen molar-refractivity contribution in [3.05, 3.63) is 84.6 Å². The van der Waals surface area contributed by atoms with E-state index in [1.807, 2.05) is 43.3 Å². The Labute approximate surface area is 160 Å². The molecular formula is C21H24N3O2S+. The Morgan fingerprint density at radius 2 is 1.59 bits per heavy atom. The summed E-state index contributed by atoms with van der Waals surface area (Å²) in [5.74, 6) is 0.757. The Hall–Kier alpha value is -2.86. The van der Waals surface area contributed by atoms with E-state index in [0.717, 1.165) is 11.4 Å². The van der Waals surface area contributed by atoms with Crippen molar-refractivity contribution in [2.75, 3.05) is 16.2 Å². The summed E-state index contributed by atoms with van der Waals surface area (Å²) in [5, 5.41) is 3.35. The minimum absolute atomic E-state index is 0.0985. The van der Waals surface area contributed by atoms with Gasteiger partial charge in [0.1, 0.15) is 17.1 Å². The van der Waals surface area contributed by atoms with Crippen molar-refractivity contribution in [2.24, 2.45) is 0 Å². The molecule has 6 heteroatoms. The molecule has 0 saturated heterocycles. The Bertz CT molecular complexity index is 959. The Morgan fingerprint density at radius 1 is 0.963 bits per heavy atom. The Morgan fingerprint density at radius 3 is 2.15 bits per heavy atom. The summed E-state index contributed by atoms with van der Waals surface area (Å²) in [6.07, 6.45) is 1.53. The molecule has 1 heterocycles. The second kappa shape index (κ2) is 8.22. The van der Waals surface area contributed by atoms with Gasteiger partial charge in [-0.05, 0) is 37.6 Å². The van der Waals surface area contributed by atoms with Gasteiger partial charge in [0.15, 0.2) is 0 Å². The van der Waals surface area contributed by atoms with Crippen LogP contribution >= 0.6 is 0 Å². The fourth-order valence-electron chi connectivity index (χ4n) is 2.93. The zero-order valence-electron chi connectivity index (χ0n) is 15.5. The van der Waals surface area contributed by atoms with Crippen LogP contribution in [0.5, 0.6) is 0 Å². The zero-order valence-corrected chi connectivity index (χ0v) is 16.3. The number of aromatic amines is 1. The van der Waals surface area contributed by atoms with Crippen LogP contribution in [0.2, 0.25) is 0 Å². The van der Waals surface area contributed by atoms with Crippen molar-refractivity contribution in [1.82, 2.24) is 0 Å². The van der Waals surface area contributed by atoms with Crippen molar-refractivity contribution >= 4 is 21.5 Å². The van der Waals surface area contributed by atoms with Crippen molar-refractivity contribution in [3.63, 3.8) is 0 Å². The van der Waals surface area contributed by atoms with Crippen LogP contribution in [0.3, 0.4) is 0 Å². The van der Waals surface area contributed by atoms with E-state index in [0.29, 0.717) is 12.2 Å². The molecule has 0 aliphatic carbocycles. The number of aromatic nitrogens is 1. The number of nitrogens with one attached hydrogen (secondary N) is 2. The minimum Gasteiger partial charge on any atom is -0.268 e. The molecule has 0 bridgehead atoms. The van der Waals surface area contributed by atoms with Gasteiger partial charge < -0.3 is 0 Å². The van der Waals surface area contributed by atoms with E-state index in [9.17, 15) is 8.42 Å². The lowest BCUT2D eigenvalue weighted by Gasteiger charge is -2.22. The first kappa shape index (κ1) is 18.9. The average molecular weight is 383 g/mol. The quantitative estimate of drug-likeness (QED) is 0.674. The molecule has 27 heavy (non-hydrogen) atoms. The number of benzene rings is 2. The first-order valence-electron chi connectivity index (χ1n) is 8.93. The molecule has 0 aliphatic rings. The van der Waals surface area contributed by atoms with Crippen LogP contribution in [0.25, 0.3) is 0 Å². The lowest BCUT2D eigenvalue weighted by Crippen LogP contribution is -2.31. The normalized spacial score (nSPS) is 12.4. The maximum atomic E-state index is 13.0. The number of hydrogen-bond donors (Lipinski definition) is 1. The molecule has 1 atom stereocenters. The summed E-state index contributed by atoms with van der Waals surface area (Å²) in [4.78, 5) is 3.29. The van der Waals surface area contributed by atoms with E-state index in [2.05, 4.69) is 29.4 Å². The van der Waals surface area contributed by atoms with Gasteiger partial charge in [0.25, 0.3) is 15.8 Å². The van der Waals surface area contributed by atoms with Gasteiger partial charge in [0, 0.05) is 12.6 Å². The van der Waals surface area contributed by atoms with Gasteiger partial charge in [-0.3, -0.25) is 9.62 Å². The van der Waals surface area contributed by atoms with Crippen molar-refractivity contribution < 1.29 is 13.4 Å². The molecule has 0 radical (unpaired) electrons. The van der Waals surface area contributed by atoms with Crippen LogP contribution < -0.4 is 14.6 Å². The van der Waals surface area contributed by atoms with Gasteiger partial charge in [0.2, 0.25) is 0 Å². The molecule has 0 spiro atoms. The predicted octanol–water partition coefficient (Wildman–Crippen LogP) is 3.89. The fourth-order valence-corrected chi connectivity index (χ4v) is 4.37. The number of hydrogen-bond acceptors (Lipinski definition) is 3. The maximum Gasteiger partial charge on any atom is 0.272 e. The van der Waals surface area contributed by atoms with Crippen LogP contribution in [0, 0.1) is 0 Å². The number of anilines is 2. The number of pyridine rings is 1. The Kier molecular flexibility index (Phi) is 5.76. The first-order valence-corrected chi connectivity index (χ1v) is 10.4. The molecule has 5 nitrogen and oxygen atoms in total. The van der Waals surface area contributed by atoms with Crippen LogP contribution in [-0.2, 0) is 10.0 Å². The number of para-hydroxylation sites is 1. The fraction of sp³-hybridized carbons (Fsp3) is 0.190. The van der Waals surface area contributed by atoms with Crippen molar-refractivity contribution in [1.29, 1.82) is 0 Å². The third-order valence-electron chi connectivity index (χ3n) is 4.38. The maximum absolute atomic E-state index is 13.0. The van der Waals surface area contributed by atoms with Crippen LogP contribution in [0.1, 0.15) is 25.5 Å². The molecule has 140 valence electrons. The second-order valence-corrected chi connectivity index (χ2v) is 8.08. The van der Waals surface area contributed by atoms with Crippen LogP contribution in [0.4, 0.5) is 11.5 Å². The van der Waals surface area contributed by atoms with E-state index in [1.165, 1.54) is 10.5 Å². The van der Waals surface area contributed by atoms with Gasteiger partial charge in [-0.1, -0.05) is 48.5 Å². The highest BCUT2D eigenvalue weighted by molar-refractivity contribution is 7.92. The van der Waals surface area contributed by atoms with Crippen molar-refractivity contribution in [3.8, 4) is 0 Å². The third kappa shape index (κ3) is 4.28. The standard InChI is InChI=1S/C21H23N3O2S/c1-3-24(19-12-8-5-9-13-19)27(25,26)20-14-15-21(22-16-20)23-17(2)18-10-6-4-7-11-18/h4-17H,3H2,1-2H3,(H,22,23)/p+1/t17-/m1/s1. The molecular weight excluding hydrogens is 358 g/mol. The highest BCUT2D eigenvalue weighted by atomic mass is 32.2. The first-order chi connectivity index (χ1) is 13.0. The number of nitrogens with zero attached hydrogens (tertiary/aromatic N) is 1. The van der Waals surface area contributed by atoms with Gasteiger partial charge >= 0.3 is 0 Å². The van der Waals surface area contributed by atoms with E-state index in [1.54, 1.807) is 24.3 Å². The molecule has 0 aliphatic heterocycles. The third-order valence-corrected chi connectivity index (χ3v) is 6.27. The zero-order chi connectivity index (χ0) is 19.3. The molecule has 3 rings (SSSR count). The predicted molar refractivity (Wildman–Crippen MR) is 108 cm³/mol. The highest BCUT2D eigenvalue weighted by Gasteiger charge is 2.25. The molecule has 0 amide bonds.